The molecule has 164 valence electrons. The summed E-state index contributed by atoms with van der Waals surface area (Å²) in [5.74, 6) is 1.63. The lowest BCUT2D eigenvalue weighted by Crippen LogP contribution is -2.12. The summed E-state index contributed by atoms with van der Waals surface area (Å²) in [7, 11) is 0. The van der Waals surface area contributed by atoms with Crippen LogP contribution in [0.25, 0.3) is 16.7 Å². The fourth-order valence-corrected chi connectivity index (χ4v) is 3.84. The largest absolute Gasteiger partial charge is 0.487 e. The van der Waals surface area contributed by atoms with Crippen LogP contribution in [-0.4, -0.2) is 20.3 Å². The first-order valence-corrected chi connectivity index (χ1v) is 11.0. The molecule has 7 heteroatoms. The van der Waals surface area contributed by atoms with Gasteiger partial charge in [0.15, 0.2) is 11.5 Å². The molecule has 1 fully saturated rings. The molecule has 1 aliphatic carbocycles. The van der Waals surface area contributed by atoms with Gasteiger partial charge in [-0.15, -0.1) is 0 Å². The summed E-state index contributed by atoms with van der Waals surface area (Å²) in [6.45, 7) is 2.36. The van der Waals surface area contributed by atoms with Crippen LogP contribution >= 0.6 is 0 Å². The van der Waals surface area contributed by atoms with Crippen LogP contribution in [0, 0.1) is 6.92 Å². The van der Waals surface area contributed by atoms with E-state index in [1.807, 2.05) is 60.1 Å². The summed E-state index contributed by atoms with van der Waals surface area (Å²) < 4.78 is 13.7. The molecular formula is C26H22N4O3. The van der Waals surface area contributed by atoms with Gasteiger partial charge in [-0.25, -0.2) is 9.97 Å². The summed E-state index contributed by atoms with van der Waals surface area (Å²) >= 11 is 0. The molecule has 1 amide bonds. The number of fused-ring (bicyclic) bond motifs is 2. The van der Waals surface area contributed by atoms with Crippen LogP contribution in [-0.2, 0) is 6.61 Å². The molecule has 33 heavy (non-hydrogen) atoms. The lowest BCUT2D eigenvalue weighted by atomic mass is 10.2. The number of nitrogens with zero attached hydrogens (tertiary/aromatic N) is 3. The average Bonchev–Trinajstić information content (AvgIpc) is 3.46. The van der Waals surface area contributed by atoms with E-state index in [1.165, 1.54) is 0 Å². The first-order chi connectivity index (χ1) is 16.1. The Balaban J connectivity index is 1.14. The van der Waals surface area contributed by atoms with Gasteiger partial charge in [-0.05, 0) is 67.8 Å². The number of carbonyl (C=O) groups is 1. The fourth-order valence-electron chi connectivity index (χ4n) is 3.84. The summed E-state index contributed by atoms with van der Waals surface area (Å²) in [6.07, 6.45) is 6.24. The Bertz CT molecular complexity index is 1500. The Morgan fingerprint density at radius 3 is 2.91 bits per heavy atom. The number of oxazole rings is 1. The normalized spacial score (nSPS) is 13.5. The highest BCUT2D eigenvalue weighted by molar-refractivity contribution is 6.05. The minimum atomic E-state index is -0.214. The number of rotatable bonds is 6. The third-order valence-corrected chi connectivity index (χ3v) is 5.72. The number of anilines is 1. The maximum atomic E-state index is 12.8. The van der Waals surface area contributed by atoms with Gasteiger partial charge in [0.2, 0.25) is 0 Å². The molecule has 0 aliphatic heterocycles. The minimum Gasteiger partial charge on any atom is -0.487 e. The zero-order valence-corrected chi connectivity index (χ0v) is 18.1. The Labute approximate surface area is 190 Å². The van der Waals surface area contributed by atoms with Crippen LogP contribution in [0.4, 0.5) is 5.69 Å². The van der Waals surface area contributed by atoms with Crippen LogP contribution in [0.2, 0.25) is 0 Å². The lowest BCUT2D eigenvalue weighted by molar-refractivity contribution is 0.102. The van der Waals surface area contributed by atoms with E-state index in [-0.39, 0.29) is 5.91 Å². The van der Waals surface area contributed by atoms with Gasteiger partial charge in [0.1, 0.15) is 23.5 Å². The number of pyridine rings is 1. The van der Waals surface area contributed by atoms with E-state index in [4.69, 9.17) is 9.15 Å². The standard InChI is InChI=1S/C26H22N4O3/c1-16-5-10-24-27-20(14-30(24)13-16)15-32-21-4-2-3-18(11-21)25(31)28-19-8-9-23-22(12-19)29-26(33-23)17-6-7-17/h2-5,8-14,17H,6-7,15H2,1H3,(H,28,31). The van der Waals surface area contributed by atoms with Crippen molar-refractivity contribution in [3.63, 3.8) is 0 Å². The van der Waals surface area contributed by atoms with E-state index in [0.29, 0.717) is 29.5 Å². The number of carbonyl (C=O) groups excluding carboxylic acids is 1. The van der Waals surface area contributed by atoms with Crippen molar-refractivity contribution in [1.82, 2.24) is 14.4 Å². The Hall–Kier alpha value is -4.13. The molecule has 0 spiro atoms. The molecule has 7 nitrogen and oxygen atoms in total. The number of nitrogens with one attached hydrogen (secondary N) is 1. The van der Waals surface area contributed by atoms with Crippen molar-refractivity contribution >= 4 is 28.3 Å². The second-order valence-electron chi connectivity index (χ2n) is 8.48. The first kappa shape index (κ1) is 19.5. The van der Waals surface area contributed by atoms with E-state index < -0.39 is 0 Å². The second-order valence-corrected chi connectivity index (χ2v) is 8.48. The fraction of sp³-hybridized carbons (Fsp3) is 0.192. The molecule has 2 aromatic carbocycles. The van der Waals surface area contributed by atoms with E-state index in [1.54, 1.807) is 18.2 Å². The summed E-state index contributed by atoms with van der Waals surface area (Å²) in [4.78, 5) is 21.9. The zero-order chi connectivity index (χ0) is 22.4. The van der Waals surface area contributed by atoms with E-state index in [0.717, 1.165) is 46.7 Å². The predicted molar refractivity (Wildman–Crippen MR) is 125 cm³/mol. The number of ether oxygens (including phenoxy) is 1. The van der Waals surface area contributed by atoms with Gasteiger partial charge in [0.05, 0.1) is 5.69 Å². The molecule has 6 rings (SSSR count). The van der Waals surface area contributed by atoms with E-state index in [9.17, 15) is 4.79 Å². The van der Waals surface area contributed by atoms with Gasteiger partial charge in [0.25, 0.3) is 5.91 Å². The minimum absolute atomic E-state index is 0.214. The van der Waals surface area contributed by atoms with Crippen molar-refractivity contribution in [1.29, 1.82) is 0 Å². The molecule has 0 unspecified atom stereocenters. The highest BCUT2D eigenvalue weighted by atomic mass is 16.5. The van der Waals surface area contributed by atoms with Crippen LogP contribution in [0.15, 0.2) is 71.4 Å². The molecule has 1 saturated carbocycles. The highest BCUT2D eigenvalue weighted by Crippen LogP contribution is 2.40. The van der Waals surface area contributed by atoms with Gasteiger partial charge in [0, 0.05) is 29.6 Å². The first-order valence-electron chi connectivity index (χ1n) is 11.0. The Kier molecular flexibility index (Phi) is 4.61. The zero-order valence-electron chi connectivity index (χ0n) is 18.1. The highest BCUT2D eigenvalue weighted by Gasteiger charge is 2.28. The summed E-state index contributed by atoms with van der Waals surface area (Å²) in [5, 5.41) is 2.94. The van der Waals surface area contributed by atoms with E-state index in [2.05, 4.69) is 15.3 Å². The van der Waals surface area contributed by atoms with Crippen LogP contribution in [0.3, 0.4) is 0 Å². The number of benzene rings is 2. The summed E-state index contributed by atoms with van der Waals surface area (Å²) in [6, 6.07) is 16.7. The molecule has 0 radical (unpaired) electrons. The van der Waals surface area contributed by atoms with Gasteiger partial charge in [-0.3, -0.25) is 4.79 Å². The van der Waals surface area contributed by atoms with Crippen LogP contribution in [0.5, 0.6) is 5.75 Å². The van der Waals surface area contributed by atoms with Crippen molar-refractivity contribution in [2.45, 2.75) is 32.3 Å². The van der Waals surface area contributed by atoms with Crippen molar-refractivity contribution in [3.05, 3.63) is 89.7 Å². The number of hydrogen-bond donors (Lipinski definition) is 1. The summed E-state index contributed by atoms with van der Waals surface area (Å²) in [5.41, 5.74) is 5.55. The molecule has 5 aromatic rings. The smallest absolute Gasteiger partial charge is 0.255 e. The number of hydrogen-bond acceptors (Lipinski definition) is 5. The van der Waals surface area contributed by atoms with E-state index >= 15 is 0 Å². The van der Waals surface area contributed by atoms with Gasteiger partial charge in [-0.2, -0.15) is 0 Å². The molecule has 1 aliphatic rings. The molecule has 0 atom stereocenters. The van der Waals surface area contributed by atoms with Crippen molar-refractivity contribution < 1.29 is 13.9 Å². The van der Waals surface area contributed by atoms with Gasteiger partial charge >= 0.3 is 0 Å². The monoisotopic (exact) mass is 438 g/mol. The molecule has 0 bridgehead atoms. The number of aromatic nitrogens is 3. The SMILES string of the molecule is Cc1ccc2nc(COc3cccc(C(=O)Nc4ccc5oc(C6CC6)nc5c4)c3)cn2c1. The van der Waals surface area contributed by atoms with Gasteiger partial charge < -0.3 is 18.9 Å². The molecule has 3 heterocycles. The van der Waals surface area contributed by atoms with Crippen molar-refractivity contribution in [2.24, 2.45) is 0 Å². The van der Waals surface area contributed by atoms with Crippen LogP contribution < -0.4 is 10.1 Å². The quantitative estimate of drug-likeness (QED) is 0.379. The van der Waals surface area contributed by atoms with Crippen LogP contribution in [0.1, 0.15) is 46.3 Å². The van der Waals surface area contributed by atoms with Crippen molar-refractivity contribution in [3.8, 4) is 5.75 Å². The van der Waals surface area contributed by atoms with Gasteiger partial charge in [-0.1, -0.05) is 12.1 Å². The maximum absolute atomic E-state index is 12.8. The number of aryl methyl sites for hydroxylation is 1. The maximum Gasteiger partial charge on any atom is 0.255 e. The third kappa shape index (κ3) is 4.05. The third-order valence-electron chi connectivity index (χ3n) is 5.72. The predicted octanol–water partition coefficient (Wildman–Crippen LogP) is 5.49. The molecule has 0 saturated heterocycles. The second kappa shape index (κ2) is 7.78. The lowest BCUT2D eigenvalue weighted by Gasteiger charge is -2.08. The topological polar surface area (TPSA) is 81.7 Å². The Morgan fingerprint density at radius 2 is 2.03 bits per heavy atom. The molecule has 3 aromatic heterocycles. The molecule has 1 N–H and O–H groups in total. The van der Waals surface area contributed by atoms with Crippen molar-refractivity contribution in [2.75, 3.05) is 5.32 Å². The number of imidazole rings is 1. The average molecular weight is 438 g/mol. The number of amides is 1. The Morgan fingerprint density at radius 1 is 1.12 bits per heavy atom. The molecular weight excluding hydrogens is 416 g/mol.